The predicted molar refractivity (Wildman–Crippen MR) is 76.8 cm³/mol. The summed E-state index contributed by atoms with van der Waals surface area (Å²) in [6.07, 6.45) is 6.05. The van der Waals surface area contributed by atoms with Crippen LogP contribution in [-0.2, 0) is 0 Å². The molecular weight excluding hydrogens is 240 g/mol. The van der Waals surface area contributed by atoms with Gasteiger partial charge in [-0.3, -0.25) is 4.79 Å². The molecule has 19 heavy (non-hydrogen) atoms. The first-order valence-electron chi connectivity index (χ1n) is 6.69. The average molecular weight is 262 g/mol. The number of anilines is 2. The lowest BCUT2D eigenvalue weighted by Crippen LogP contribution is -2.31. The summed E-state index contributed by atoms with van der Waals surface area (Å²) in [6, 6.07) is 1.92. The van der Waals surface area contributed by atoms with E-state index in [1.807, 2.05) is 0 Å². The summed E-state index contributed by atoms with van der Waals surface area (Å²) in [7, 11) is 0. The van der Waals surface area contributed by atoms with Crippen LogP contribution in [-0.4, -0.2) is 16.9 Å². The molecule has 0 spiro atoms. The van der Waals surface area contributed by atoms with Crippen molar-refractivity contribution in [3.8, 4) is 0 Å². The van der Waals surface area contributed by atoms with Gasteiger partial charge in [-0.2, -0.15) is 0 Å². The number of nitrogens with two attached hydrogens (primary N) is 2. The maximum atomic E-state index is 11.4. The van der Waals surface area contributed by atoms with Crippen LogP contribution in [0.4, 0.5) is 11.5 Å². The number of carbonyl (C=O) groups excluding carboxylic acids is 1. The molecule has 5 nitrogen and oxygen atoms in total. The highest BCUT2D eigenvalue weighted by Crippen LogP contribution is 2.36. The van der Waals surface area contributed by atoms with Gasteiger partial charge in [-0.05, 0) is 37.2 Å². The van der Waals surface area contributed by atoms with Gasteiger partial charge in [0.1, 0.15) is 5.82 Å². The summed E-state index contributed by atoms with van der Waals surface area (Å²) in [5, 5.41) is 3.33. The van der Waals surface area contributed by atoms with Crippen LogP contribution in [0.2, 0.25) is 0 Å². The highest BCUT2D eigenvalue weighted by Gasteiger charge is 2.27. The maximum absolute atomic E-state index is 11.4. The molecule has 1 heterocycles. The minimum atomic E-state index is -0.501. The Hall–Kier alpha value is -1.78. The molecule has 2 rings (SSSR count). The molecule has 5 heteroatoms. The Morgan fingerprint density at radius 3 is 2.63 bits per heavy atom. The Morgan fingerprint density at radius 2 is 2.05 bits per heavy atom. The van der Waals surface area contributed by atoms with Gasteiger partial charge >= 0.3 is 0 Å². The largest absolute Gasteiger partial charge is 0.397 e. The lowest BCUT2D eigenvalue weighted by molar-refractivity contribution is 0.100. The summed E-state index contributed by atoms with van der Waals surface area (Å²) in [6.45, 7) is 4.58. The van der Waals surface area contributed by atoms with E-state index in [0.717, 1.165) is 12.8 Å². The zero-order valence-electron chi connectivity index (χ0n) is 11.6. The third-order valence-electron chi connectivity index (χ3n) is 3.85. The Labute approximate surface area is 113 Å². The molecule has 0 unspecified atom stereocenters. The maximum Gasteiger partial charge on any atom is 0.252 e. The quantitative estimate of drug-likeness (QED) is 0.778. The van der Waals surface area contributed by atoms with Crippen molar-refractivity contribution in [2.24, 2.45) is 11.1 Å². The molecule has 1 fully saturated rings. The molecule has 0 bridgehead atoms. The van der Waals surface area contributed by atoms with Crippen molar-refractivity contribution in [1.82, 2.24) is 4.98 Å². The highest BCUT2D eigenvalue weighted by atomic mass is 16.1. The fourth-order valence-corrected chi connectivity index (χ4v) is 2.52. The lowest BCUT2D eigenvalue weighted by Gasteiger charge is -2.35. The van der Waals surface area contributed by atoms with Gasteiger partial charge in [0.25, 0.3) is 5.91 Å². The van der Waals surface area contributed by atoms with Crippen molar-refractivity contribution >= 4 is 17.4 Å². The second-order valence-electron chi connectivity index (χ2n) is 6.11. The van der Waals surface area contributed by atoms with Crippen LogP contribution in [0.1, 0.15) is 49.9 Å². The normalized spacial score (nSPS) is 19.1. The van der Waals surface area contributed by atoms with E-state index < -0.39 is 5.91 Å². The van der Waals surface area contributed by atoms with Crippen LogP contribution in [0.15, 0.2) is 12.3 Å². The van der Waals surface area contributed by atoms with Gasteiger partial charge in [-0.1, -0.05) is 13.8 Å². The Balaban J connectivity index is 2.10. The van der Waals surface area contributed by atoms with Gasteiger partial charge in [0.15, 0.2) is 0 Å². The van der Waals surface area contributed by atoms with E-state index in [-0.39, 0.29) is 0 Å². The van der Waals surface area contributed by atoms with Crippen molar-refractivity contribution in [1.29, 1.82) is 0 Å². The Kier molecular flexibility index (Phi) is 3.64. The standard InChI is InChI=1S/C14H22N4O/c1-14(2)5-3-10(4-6-14)18-13-11(12(16)19)7-9(15)8-17-13/h7-8,10H,3-6,15H2,1-2H3,(H2,16,19)(H,17,18). The highest BCUT2D eigenvalue weighted by molar-refractivity contribution is 5.98. The van der Waals surface area contributed by atoms with Crippen molar-refractivity contribution in [2.45, 2.75) is 45.6 Å². The van der Waals surface area contributed by atoms with E-state index in [2.05, 4.69) is 24.1 Å². The number of rotatable bonds is 3. The third kappa shape index (κ3) is 3.36. The number of aromatic nitrogens is 1. The number of amides is 1. The van der Waals surface area contributed by atoms with Gasteiger partial charge < -0.3 is 16.8 Å². The number of hydrogen-bond donors (Lipinski definition) is 3. The van der Waals surface area contributed by atoms with E-state index >= 15 is 0 Å². The fraction of sp³-hybridized carbons (Fsp3) is 0.571. The van der Waals surface area contributed by atoms with Crippen LogP contribution in [0.3, 0.4) is 0 Å². The molecule has 5 N–H and O–H groups in total. The number of primary amides is 1. The third-order valence-corrected chi connectivity index (χ3v) is 3.85. The number of nitrogens with zero attached hydrogens (tertiary/aromatic N) is 1. The van der Waals surface area contributed by atoms with Crippen molar-refractivity contribution in [3.63, 3.8) is 0 Å². The van der Waals surface area contributed by atoms with E-state index in [4.69, 9.17) is 11.5 Å². The predicted octanol–water partition coefficient (Wildman–Crippen LogP) is 2.14. The van der Waals surface area contributed by atoms with Gasteiger partial charge in [-0.15, -0.1) is 0 Å². The first-order chi connectivity index (χ1) is 8.87. The molecule has 0 atom stereocenters. The zero-order chi connectivity index (χ0) is 14.0. The number of nitrogen functional groups attached to an aromatic ring is 1. The SMILES string of the molecule is CC1(C)CCC(Nc2ncc(N)cc2C(N)=O)CC1. The molecule has 0 aromatic carbocycles. The molecule has 0 radical (unpaired) electrons. The van der Waals surface area contributed by atoms with Crippen molar-refractivity contribution < 1.29 is 4.79 Å². The molecule has 1 aliphatic rings. The van der Waals surface area contributed by atoms with Gasteiger partial charge in [0.05, 0.1) is 17.4 Å². The van der Waals surface area contributed by atoms with Gasteiger partial charge in [-0.25, -0.2) is 4.98 Å². The number of nitrogens with one attached hydrogen (secondary N) is 1. The first kappa shape index (κ1) is 13.6. The number of carbonyl (C=O) groups is 1. The summed E-state index contributed by atoms with van der Waals surface area (Å²) in [5.41, 5.74) is 12.2. The summed E-state index contributed by atoms with van der Waals surface area (Å²) < 4.78 is 0. The topological polar surface area (TPSA) is 94.0 Å². The minimum Gasteiger partial charge on any atom is -0.397 e. The number of pyridine rings is 1. The minimum absolute atomic E-state index is 0.349. The Bertz CT molecular complexity index is 474. The van der Waals surface area contributed by atoms with Crippen LogP contribution in [0.5, 0.6) is 0 Å². The van der Waals surface area contributed by atoms with E-state index in [1.165, 1.54) is 12.8 Å². The Morgan fingerprint density at radius 1 is 1.42 bits per heavy atom. The molecule has 0 aliphatic heterocycles. The molecular formula is C14H22N4O. The zero-order valence-corrected chi connectivity index (χ0v) is 11.6. The molecule has 1 saturated carbocycles. The molecule has 1 aromatic rings. The second kappa shape index (κ2) is 5.07. The number of hydrogen-bond acceptors (Lipinski definition) is 4. The van der Waals surface area contributed by atoms with Crippen LogP contribution >= 0.6 is 0 Å². The molecule has 1 aliphatic carbocycles. The molecule has 104 valence electrons. The monoisotopic (exact) mass is 262 g/mol. The summed E-state index contributed by atoms with van der Waals surface area (Å²) >= 11 is 0. The molecule has 1 aromatic heterocycles. The fourth-order valence-electron chi connectivity index (χ4n) is 2.52. The average Bonchev–Trinajstić information content (AvgIpc) is 2.33. The van der Waals surface area contributed by atoms with E-state index in [1.54, 1.807) is 12.3 Å². The van der Waals surface area contributed by atoms with E-state index in [0.29, 0.717) is 28.5 Å². The van der Waals surface area contributed by atoms with Gasteiger partial charge in [0, 0.05) is 6.04 Å². The van der Waals surface area contributed by atoms with Crippen LogP contribution < -0.4 is 16.8 Å². The molecule has 1 amide bonds. The van der Waals surface area contributed by atoms with Crippen LogP contribution in [0, 0.1) is 5.41 Å². The first-order valence-corrected chi connectivity index (χ1v) is 6.69. The second-order valence-corrected chi connectivity index (χ2v) is 6.11. The summed E-state index contributed by atoms with van der Waals surface area (Å²) in [5.74, 6) is 0.0462. The van der Waals surface area contributed by atoms with Gasteiger partial charge in [0.2, 0.25) is 0 Å². The van der Waals surface area contributed by atoms with Crippen molar-refractivity contribution in [3.05, 3.63) is 17.8 Å². The van der Waals surface area contributed by atoms with Crippen molar-refractivity contribution in [2.75, 3.05) is 11.1 Å². The van der Waals surface area contributed by atoms with E-state index in [9.17, 15) is 4.79 Å². The molecule has 0 saturated heterocycles. The van der Waals surface area contributed by atoms with Crippen LogP contribution in [0.25, 0.3) is 0 Å². The summed E-state index contributed by atoms with van der Waals surface area (Å²) in [4.78, 5) is 15.6. The smallest absolute Gasteiger partial charge is 0.252 e. The lowest BCUT2D eigenvalue weighted by atomic mass is 9.75.